The van der Waals surface area contributed by atoms with Gasteiger partial charge in [-0.2, -0.15) is 0 Å². The maximum absolute atomic E-state index is 11.4. The first-order valence-electron chi connectivity index (χ1n) is 5.87. The molecule has 0 radical (unpaired) electrons. The molecular weight excluding hydrogens is 250 g/mol. The van der Waals surface area contributed by atoms with Gasteiger partial charge in [-0.3, -0.25) is 4.79 Å². The van der Waals surface area contributed by atoms with Crippen LogP contribution in [-0.2, 0) is 16.1 Å². The Morgan fingerprint density at radius 3 is 2.79 bits per heavy atom. The number of hydrogen-bond donors (Lipinski definition) is 2. The van der Waals surface area contributed by atoms with Gasteiger partial charge < -0.3 is 24.6 Å². The summed E-state index contributed by atoms with van der Waals surface area (Å²) in [5.74, 6) is 0.818. The Morgan fingerprint density at radius 1 is 1.37 bits per heavy atom. The average molecular weight is 269 g/mol. The molecule has 0 unspecified atom stereocenters. The molecule has 0 aliphatic heterocycles. The maximum atomic E-state index is 11.4. The predicted molar refractivity (Wildman–Crippen MR) is 69.3 cm³/mol. The summed E-state index contributed by atoms with van der Waals surface area (Å²) in [6.07, 6.45) is 0. The topological polar surface area (TPSA) is 77.0 Å². The van der Waals surface area contributed by atoms with Crippen LogP contribution in [0.1, 0.15) is 5.56 Å². The van der Waals surface area contributed by atoms with Gasteiger partial charge in [-0.15, -0.1) is 0 Å². The van der Waals surface area contributed by atoms with E-state index in [4.69, 9.17) is 19.3 Å². The molecule has 1 aromatic rings. The highest BCUT2D eigenvalue weighted by atomic mass is 16.5. The van der Waals surface area contributed by atoms with Crippen LogP contribution < -0.4 is 14.8 Å². The second-order valence-electron chi connectivity index (χ2n) is 3.76. The van der Waals surface area contributed by atoms with Crippen LogP contribution >= 0.6 is 0 Å². The van der Waals surface area contributed by atoms with Gasteiger partial charge in [-0.1, -0.05) is 0 Å². The van der Waals surface area contributed by atoms with Crippen LogP contribution in [0.15, 0.2) is 18.2 Å². The van der Waals surface area contributed by atoms with Crippen molar-refractivity contribution in [2.75, 3.05) is 34.0 Å². The van der Waals surface area contributed by atoms with E-state index in [0.717, 1.165) is 0 Å². The molecule has 0 heterocycles. The summed E-state index contributed by atoms with van der Waals surface area (Å²) in [6.45, 7) is 0.725. The van der Waals surface area contributed by atoms with E-state index in [0.29, 0.717) is 30.2 Å². The quantitative estimate of drug-likeness (QED) is 0.665. The zero-order valence-corrected chi connectivity index (χ0v) is 11.1. The lowest BCUT2D eigenvalue weighted by molar-refractivity contribution is -0.123. The van der Waals surface area contributed by atoms with Gasteiger partial charge in [0.25, 0.3) is 5.91 Å². The van der Waals surface area contributed by atoms with E-state index in [-0.39, 0.29) is 19.1 Å². The number of amides is 1. The van der Waals surface area contributed by atoms with E-state index in [1.807, 2.05) is 0 Å². The van der Waals surface area contributed by atoms with Gasteiger partial charge >= 0.3 is 0 Å². The molecule has 0 aromatic heterocycles. The second kappa shape index (κ2) is 8.34. The molecule has 106 valence electrons. The van der Waals surface area contributed by atoms with Crippen molar-refractivity contribution in [3.63, 3.8) is 0 Å². The lowest BCUT2D eigenvalue weighted by Crippen LogP contribution is -2.31. The first-order valence-corrected chi connectivity index (χ1v) is 5.87. The van der Waals surface area contributed by atoms with Gasteiger partial charge in [0.2, 0.25) is 0 Å². The Morgan fingerprint density at radius 2 is 2.16 bits per heavy atom. The van der Waals surface area contributed by atoms with Crippen LogP contribution in [0.4, 0.5) is 0 Å². The number of benzene rings is 1. The molecule has 2 N–H and O–H groups in total. The van der Waals surface area contributed by atoms with Crippen LogP contribution in [0.25, 0.3) is 0 Å². The molecule has 6 nitrogen and oxygen atoms in total. The number of methoxy groups -OCH3 is 2. The first-order chi connectivity index (χ1) is 9.21. The van der Waals surface area contributed by atoms with Gasteiger partial charge in [0.15, 0.2) is 6.61 Å². The van der Waals surface area contributed by atoms with Crippen molar-refractivity contribution < 1.29 is 24.1 Å². The van der Waals surface area contributed by atoms with Gasteiger partial charge in [-0.25, -0.2) is 0 Å². The lowest BCUT2D eigenvalue weighted by Gasteiger charge is -2.10. The van der Waals surface area contributed by atoms with E-state index in [9.17, 15) is 4.79 Å². The van der Waals surface area contributed by atoms with E-state index in [2.05, 4.69) is 5.32 Å². The molecule has 0 atom stereocenters. The van der Waals surface area contributed by atoms with Crippen molar-refractivity contribution in [3.8, 4) is 11.5 Å². The van der Waals surface area contributed by atoms with Crippen molar-refractivity contribution in [1.82, 2.24) is 5.32 Å². The summed E-state index contributed by atoms with van der Waals surface area (Å²) in [7, 11) is 3.08. The van der Waals surface area contributed by atoms with Gasteiger partial charge in [0.05, 0.1) is 20.3 Å². The molecular formula is C13H19NO5. The third-order valence-electron chi connectivity index (χ3n) is 2.43. The molecule has 0 saturated carbocycles. The predicted octanol–water partition coefficient (Wildman–Crippen LogP) is 0.329. The number of hydrogen-bond acceptors (Lipinski definition) is 5. The summed E-state index contributed by atoms with van der Waals surface area (Å²) in [5.41, 5.74) is 0.666. The van der Waals surface area contributed by atoms with Crippen molar-refractivity contribution in [3.05, 3.63) is 23.8 Å². The highest BCUT2D eigenvalue weighted by molar-refractivity contribution is 5.77. The molecule has 0 bridgehead atoms. The van der Waals surface area contributed by atoms with Crippen molar-refractivity contribution >= 4 is 5.91 Å². The Hall–Kier alpha value is -1.79. The fourth-order valence-electron chi connectivity index (χ4n) is 1.44. The van der Waals surface area contributed by atoms with Crippen LogP contribution in [0.5, 0.6) is 11.5 Å². The van der Waals surface area contributed by atoms with Crippen LogP contribution in [-0.4, -0.2) is 45.0 Å². The summed E-state index contributed by atoms with van der Waals surface area (Å²) >= 11 is 0. The Labute approximate surface area is 112 Å². The molecule has 1 amide bonds. The van der Waals surface area contributed by atoms with E-state index < -0.39 is 0 Å². The van der Waals surface area contributed by atoms with Crippen molar-refractivity contribution in [2.45, 2.75) is 6.61 Å². The molecule has 1 aromatic carbocycles. The minimum absolute atomic E-state index is 0.0780. The number of aliphatic hydroxyl groups excluding tert-OH is 1. The fraction of sp³-hybridized carbons (Fsp3) is 0.462. The monoisotopic (exact) mass is 269 g/mol. The summed E-state index contributed by atoms with van der Waals surface area (Å²) in [5, 5.41) is 11.7. The maximum Gasteiger partial charge on any atom is 0.258 e. The van der Waals surface area contributed by atoms with Crippen molar-refractivity contribution in [2.24, 2.45) is 0 Å². The number of ether oxygens (including phenoxy) is 3. The van der Waals surface area contributed by atoms with Crippen LogP contribution in [0.3, 0.4) is 0 Å². The van der Waals surface area contributed by atoms with Crippen molar-refractivity contribution in [1.29, 1.82) is 0 Å². The van der Waals surface area contributed by atoms with Gasteiger partial charge in [0.1, 0.15) is 11.5 Å². The molecule has 0 fully saturated rings. The Kier molecular flexibility index (Phi) is 6.70. The average Bonchev–Trinajstić information content (AvgIpc) is 2.45. The zero-order chi connectivity index (χ0) is 14.1. The van der Waals surface area contributed by atoms with Gasteiger partial charge in [0, 0.05) is 25.3 Å². The largest absolute Gasteiger partial charge is 0.496 e. The lowest BCUT2D eigenvalue weighted by atomic mass is 10.2. The number of carbonyl (C=O) groups is 1. The van der Waals surface area contributed by atoms with Crippen LogP contribution in [0, 0.1) is 0 Å². The number of rotatable bonds is 8. The number of aliphatic hydroxyl groups is 1. The van der Waals surface area contributed by atoms with E-state index in [1.165, 1.54) is 7.11 Å². The van der Waals surface area contributed by atoms with E-state index in [1.54, 1.807) is 25.3 Å². The standard InChI is InChI=1S/C13H19NO5/c1-17-6-5-14-13(16)9-19-11-4-3-10(8-15)12(7-11)18-2/h3-4,7,15H,5-6,8-9H2,1-2H3,(H,14,16). The van der Waals surface area contributed by atoms with E-state index >= 15 is 0 Å². The Balaban J connectivity index is 2.47. The fourth-order valence-corrected chi connectivity index (χ4v) is 1.44. The molecule has 1 rings (SSSR count). The molecule has 0 aliphatic rings. The second-order valence-corrected chi connectivity index (χ2v) is 3.76. The Bertz CT molecular complexity index is 408. The summed E-state index contributed by atoms with van der Waals surface area (Å²) in [4.78, 5) is 11.4. The number of nitrogens with one attached hydrogen (secondary N) is 1. The van der Waals surface area contributed by atoms with Gasteiger partial charge in [-0.05, 0) is 12.1 Å². The third-order valence-corrected chi connectivity index (χ3v) is 2.43. The molecule has 0 spiro atoms. The van der Waals surface area contributed by atoms with Crippen LogP contribution in [0.2, 0.25) is 0 Å². The molecule has 6 heteroatoms. The first kappa shape index (κ1) is 15.3. The third kappa shape index (κ3) is 5.15. The minimum Gasteiger partial charge on any atom is -0.496 e. The molecule has 0 aliphatic carbocycles. The minimum atomic E-state index is -0.220. The summed E-state index contributed by atoms with van der Waals surface area (Å²) < 4.78 is 15.2. The SMILES string of the molecule is COCCNC(=O)COc1ccc(CO)c(OC)c1. The highest BCUT2D eigenvalue weighted by Crippen LogP contribution is 2.24. The number of carbonyl (C=O) groups excluding carboxylic acids is 1. The zero-order valence-electron chi connectivity index (χ0n) is 11.1. The highest BCUT2D eigenvalue weighted by Gasteiger charge is 2.06. The normalized spacial score (nSPS) is 10.1. The molecule has 0 saturated heterocycles. The summed E-state index contributed by atoms with van der Waals surface area (Å²) in [6, 6.07) is 5.00. The smallest absolute Gasteiger partial charge is 0.258 e. The molecule has 19 heavy (non-hydrogen) atoms.